The Bertz CT molecular complexity index is 994. The number of halogens is 1. The van der Waals surface area contributed by atoms with Crippen LogP contribution < -0.4 is 15.4 Å². The molecule has 30 heavy (non-hydrogen) atoms. The maximum absolute atomic E-state index is 12.4. The van der Waals surface area contributed by atoms with E-state index in [2.05, 4.69) is 15.8 Å². The van der Waals surface area contributed by atoms with Gasteiger partial charge >= 0.3 is 0 Å². The fraction of sp³-hybridized carbons (Fsp3) is 0.227. The Kier molecular flexibility index (Phi) is 7.08. The maximum Gasteiger partial charge on any atom is 0.255 e. The van der Waals surface area contributed by atoms with Crippen LogP contribution in [-0.4, -0.2) is 23.6 Å². The zero-order valence-electron chi connectivity index (χ0n) is 16.7. The minimum absolute atomic E-state index is 0.168. The Morgan fingerprint density at radius 2 is 1.67 bits per heavy atom. The average molecular weight is 428 g/mol. The highest BCUT2D eigenvalue weighted by atomic mass is 35.5. The zero-order valence-corrected chi connectivity index (χ0v) is 17.5. The molecule has 0 fully saturated rings. The van der Waals surface area contributed by atoms with Gasteiger partial charge in [-0.15, -0.1) is 0 Å². The third kappa shape index (κ3) is 5.61. The van der Waals surface area contributed by atoms with E-state index < -0.39 is 0 Å². The summed E-state index contributed by atoms with van der Waals surface area (Å²) >= 11 is 5.91. The summed E-state index contributed by atoms with van der Waals surface area (Å²) in [6, 6.07) is 13.8. The monoisotopic (exact) mass is 427 g/mol. The lowest BCUT2D eigenvalue weighted by atomic mass is 10.1. The molecule has 7 nitrogen and oxygen atoms in total. The topological polar surface area (TPSA) is 93.5 Å². The van der Waals surface area contributed by atoms with E-state index in [1.54, 1.807) is 55.5 Å². The molecule has 0 spiro atoms. The second kappa shape index (κ2) is 9.93. The van der Waals surface area contributed by atoms with Crippen LogP contribution in [0.4, 0.5) is 11.4 Å². The van der Waals surface area contributed by atoms with Crippen LogP contribution in [0.15, 0.2) is 53.1 Å². The minimum atomic E-state index is -0.241. The van der Waals surface area contributed by atoms with Crippen molar-refractivity contribution in [2.45, 2.75) is 26.7 Å². The van der Waals surface area contributed by atoms with Gasteiger partial charge in [-0.05, 0) is 80.4 Å². The predicted molar refractivity (Wildman–Crippen MR) is 115 cm³/mol. The van der Waals surface area contributed by atoms with Gasteiger partial charge < -0.3 is 19.9 Å². The Labute approximate surface area is 179 Å². The molecule has 0 unspecified atom stereocenters. The first-order valence-electron chi connectivity index (χ1n) is 9.51. The number of aryl methyl sites for hydroxylation is 1. The van der Waals surface area contributed by atoms with E-state index in [9.17, 15) is 9.59 Å². The van der Waals surface area contributed by atoms with E-state index >= 15 is 0 Å². The van der Waals surface area contributed by atoms with Gasteiger partial charge in [-0.1, -0.05) is 5.16 Å². The van der Waals surface area contributed by atoms with Crippen LogP contribution in [0.25, 0.3) is 0 Å². The first-order valence-corrected chi connectivity index (χ1v) is 9.89. The summed E-state index contributed by atoms with van der Waals surface area (Å²) in [6.45, 7) is 4.28. The lowest BCUT2D eigenvalue weighted by Gasteiger charge is -2.09. The summed E-state index contributed by atoms with van der Waals surface area (Å²) in [4.78, 5) is 24.6. The highest BCUT2D eigenvalue weighted by Crippen LogP contribution is 2.21. The number of ether oxygens (including phenoxy) is 1. The Hall–Kier alpha value is -3.32. The molecule has 8 heteroatoms. The van der Waals surface area contributed by atoms with Gasteiger partial charge in [-0.3, -0.25) is 9.59 Å². The molecule has 1 heterocycles. The molecule has 0 aliphatic rings. The van der Waals surface area contributed by atoms with Crippen molar-refractivity contribution in [2.75, 3.05) is 17.2 Å². The summed E-state index contributed by atoms with van der Waals surface area (Å²) in [7, 11) is 0. The number of carbonyl (C=O) groups excluding carboxylic acids is 2. The van der Waals surface area contributed by atoms with E-state index in [-0.39, 0.29) is 23.5 Å². The zero-order chi connectivity index (χ0) is 21.5. The van der Waals surface area contributed by atoms with E-state index in [1.165, 1.54) is 0 Å². The van der Waals surface area contributed by atoms with Crippen LogP contribution in [-0.2, 0) is 11.2 Å². The van der Waals surface area contributed by atoms with Crippen LogP contribution in [0.3, 0.4) is 0 Å². The number of hydrogen-bond donors (Lipinski definition) is 2. The molecule has 2 aromatic carbocycles. The lowest BCUT2D eigenvalue weighted by molar-refractivity contribution is -0.116. The molecule has 156 valence electrons. The van der Waals surface area contributed by atoms with Crippen LogP contribution in [0.2, 0.25) is 5.22 Å². The van der Waals surface area contributed by atoms with Gasteiger partial charge in [0, 0.05) is 28.9 Å². The molecule has 0 atom stereocenters. The lowest BCUT2D eigenvalue weighted by Crippen LogP contribution is -2.14. The molecule has 3 aromatic rings. The largest absolute Gasteiger partial charge is 0.494 e. The highest BCUT2D eigenvalue weighted by molar-refractivity contribution is 6.29. The van der Waals surface area contributed by atoms with Crippen molar-refractivity contribution in [2.24, 2.45) is 0 Å². The third-order valence-electron chi connectivity index (χ3n) is 4.39. The van der Waals surface area contributed by atoms with Crippen LogP contribution in [0.1, 0.15) is 35.0 Å². The van der Waals surface area contributed by atoms with Crippen molar-refractivity contribution in [3.8, 4) is 5.75 Å². The van der Waals surface area contributed by atoms with Crippen LogP contribution in [0, 0.1) is 6.92 Å². The van der Waals surface area contributed by atoms with Gasteiger partial charge in [-0.25, -0.2) is 0 Å². The quantitative estimate of drug-likeness (QED) is 0.535. The van der Waals surface area contributed by atoms with Crippen molar-refractivity contribution in [3.63, 3.8) is 0 Å². The third-order valence-corrected chi connectivity index (χ3v) is 4.69. The maximum atomic E-state index is 12.4. The van der Waals surface area contributed by atoms with Crippen molar-refractivity contribution in [3.05, 3.63) is 70.6 Å². The Morgan fingerprint density at radius 1 is 1.03 bits per heavy atom. The van der Waals surface area contributed by atoms with Crippen LogP contribution >= 0.6 is 11.6 Å². The number of nitrogens with zero attached hydrogens (tertiary/aromatic N) is 1. The second-order valence-electron chi connectivity index (χ2n) is 6.56. The molecular weight excluding hydrogens is 406 g/mol. The minimum Gasteiger partial charge on any atom is -0.494 e. The first-order chi connectivity index (χ1) is 14.5. The molecule has 2 N–H and O–H groups in total. The predicted octanol–water partition coefficient (Wildman–Crippen LogP) is 4.86. The van der Waals surface area contributed by atoms with E-state index in [4.69, 9.17) is 20.9 Å². The van der Waals surface area contributed by atoms with Crippen molar-refractivity contribution >= 4 is 34.8 Å². The molecule has 0 bridgehead atoms. The molecule has 0 aliphatic heterocycles. The number of rotatable bonds is 8. The number of benzene rings is 2. The number of amides is 2. The molecule has 0 radical (unpaired) electrons. The summed E-state index contributed by atoms with van der Waals surface area (Å²) in [5, 5.41) is 9.60. The van der Waals surface area contributed by atoms with Crippen molar-refractivity contribution in [1.29, 1.82) is 0 Å². The summed E-state index contributed by atoms with van der Waals surface area (Å²) in [6.07, 6.45) is 0.671. The van der Waals surface area contributed by atoms with Gasteiger partial charge in [-0.2, -0.15) is 0 Å². The number of anilines is 2. The molecule has 2 amide bonds. The van der Waals surface area contributed by atoms with E-state index in [1.807, 2.05) is 6.92 Å². The first kappa shape index (κ1) is 21.4. The molecule has 0 saturated carbocycles. The van der Waals surface area contributed by atoms with Gasteiger partial charge in [0.2, 0.25) is 11.1 Å². The molecule has 1 aromatic heterocycles. The standard InChI is InChI=1S/C22H22ClN3O4/c1-3-29-18-10-8-17(9-11-18)25-22(28)15-4-6-16(7-5-15)24-20(27)13-12-19-14(2)26-30-21(19)23/h4-11H,3,12-13H2,1-2H3,(H,24,27)(H,25,28). The normalized spacial score (nSPS) is 10.5. The van der Waals surface area contributed by atoms with Crippen molar-refractivity contribution in [1.82, 2.24) is 5.16 Å². The van der Waals surface area contributed by atoms with E-state index in [0.29, 0.717) is 35.7 Å². The molecule has 0 saturated heterocycles. The average Bonchev–Trinajstić information content (AvgIpc) is 3.06. The number of aromatic nitrogens is 1. The fourth-order valence-electron chi connectivity index (χ4n) is 2.81. The fourth-order valence-corrected chi connectivity index (χ4v) is 3.08. The van der Waals surface area contributed by atoms with Gasteiger partial charge in [0.1, 0.15) is 5.75 Å². The highest BCUT2D eigenvalue weighted by Gasteiger charge is 2.13. The smallest absolute Gasteiger partial charge is 0.255 e. The summed E-state index contributed by atoms with van der Waals surface area (Å²) < 4.78 is 10.3. The Balaban J connectivity index is 1.52. The van der Waals surface area contributed by atoms with Crippen molar-refractivity contribution < 1.29 is 18.8 Å². The van der Waals surface area contributed by atoms with E-state index in [0.717, 1.165) is 11.3 Å². The summed E-state index contributed by atoms with van der Waals surface area (Å²) in [5.41, 5.74) is 3.16. The number of hydrogen-bond acceptors (Lipinski definition) is 5. The second-order valence-corrected chi connectivity index (χ2v) is 6.90. The molecule has 0 aliphatic carbocycles. The summed E-state index contributed by atoms with van der Waals surface area (Å²) in [5.74, 6) is 0.338. The van der Waals surface area contributed by atoms with Gasteiger partial charge in [0.05, 0.1) is 12.3 Å². The SMILES string of the molecule is CCOc1ccc(NC(=O)c2ccc(NC(=O)CCc3c(C)noc3Cl)cc2)cc1. The number of carbonyl (C=O) groups is 2. The van der Waals surface area contributed by atoms with Crippen LogP contribution in [0.5, 0.6) is 5.75 Å². The molecule has 3 rings (SSSR count). The van der Waals surface area contributed by atoms with Gasteiger partial charge in [0.15, 0.2) is 0 Å². The molecular formula is C22H22ClN3O4. The number of nitrogens with one attached hydrogen (secondary N) is 2. The van der Waals surface area contributed by atoms with Gasteiger partial charge in [0.25, 0.3) is 5.91 Å². The Morgan fingerprint density at radius 3 is 2.27 bits per heavy atom.